The van der Waals surface area contributed by atoms with Gasteiger partial charge in [0.1, 0.15) is 0 Å². The van der Waals surface area contributed by atoms with E-state index in [1.54, 1.807) is 12.1 Å². The van der Waals surface area contributed by atoms with Gasteiger partial charge in [0.05, 0.1) is 11.8 Å². The molecule has 1 amide bonds. The molecule has 1 aliphatic rings. The Hall–Kier alpha value is -1.21. The average molecular weight is 332 g/mol. The van der Waals surface area contributed by atoms with Gasteiger partial charge in [-0.2, -0.15) is 24.9 Å². The maximum absolute atomic E-state index is 12.5. The van der Waals surface area contributed by atoms with E-state index in [9.17, 15) is 18.0 Å². The van der Waals surface area contributed by atoms with Gasteiger partial charge in [0.2, 0.25) is 5.91 Å². The van der Waals surface area contributed by atoms with E-state index in [0.29, 0.717) is 12.1 Å². The van der Waals surface area contributed by atoms with Crippen molar-refractivity contribution in [3.05, 3.63) is 29.3 Å². The smallest absolute Gasteiger partial charge is 0.325 e. The van der Waals surface area contributed by atoms with Gasteiger partial charge in [-0.25, -0.2) is 0 Å². The molecule has 1 atom stereocenters. The third kappa shape index (κ3) is 4.16. The second-order valence-electron chi connectivity index (χ2n) is 5.33. The van der Waals surface area contributed by atoms with E-state index < -0.39 is 12.7 Å². The fraction of sp³-hybridized carbons (Fsp3) is 0.533. The number of anilines is 1. The lowest BCUT2D eigenvalue weighted by Crippen LogP contribution is -2.30. The van der Waals surface area contributed by atoms with Crippen molar-refractivity contribution >= 4 is 23.4 Å². The fourth-order valence-corrected chi connectivity index (χ4v) is 3.25. The van der Waals surface area contributed by atoms with Crippen molar-refractivity contribution < 1.29 is 18.0 Å². The molecule has 0 spiro atoms. The molecule has 3 nitrogen and oxygen atoms in total. The zero-order valence-corrected chi connectivity index (χ0v) is 13.4. The molecule has 1 aromatic carbocycles. The second-order valence-corrected chi connectivity index (χ2v) is 6.37. The zero-order valence-electron chi connectivity index (χ0n) is 12.5. The summed E-state index contributed by atoms with van der Waals surface area (Å²) in [5.74, 6) is -0.0994. The van der Waals surface area contributed by atoms with Crippen molar-refractivity contribution in [2.75, 3.05) is 18.1 Å². The number of amides is 1. The largest absolute Gasteiger partial charge is 0.401 e. The lowest BCUT2D eigenvalue weighted by molar-refractivity contribution is -0.147. The van der Waals surface area contributed by atoms with Crippen LogP contribution in [0.15, 0.2) is 18.2 Å². The molecule has 0 saturated carbocycles. The van der Waals surface area contributed by atoms with Crippen molar-refractivity contribution in [1.29, 1.82) is 0 Å². The number of carbonyl (C=O) groups excluding carboxylic acids is 1. The Morgan fingerprint density at radius 3 is 2.73 bits per heavy atom. The standard InChI is InChI=1S/C15H19F3N2OS/c1-3-13(22-2)14(21)19-12-6-4-5-10-7-20(8-11(10)12)9-15(16,17)18/h4-6,13H,3,7-9H2,1-2H3,(H,19,21). The molecule has 1 unspecified atom stereocenters. The fourth-order valence-electron chi connectivity index (χ4n) is 2.64. The van der Waals surface area contributed by atoms with Crippen LogP contribution < -0.4 is 5.32 Å². The highest BCUT2D eigenvalue weighted by Crippen LogP contribution is 2.31. The Bertz CT molecular complexity index is 544. The number of alkyl halides is 3. The Labute approximate surface area is 132 Å². The first kappa shape index (κ1) is 17.1. The highest BCUT2D eigenvalue weighted by molar-refractivity contribution is 7.99. The summed E-state index contributed by atoms with van der Waals surface area (Å²) in [6.07, 6.45) is -1.63. The molecule has 0 radical (unpaired) electrons. The van der Waals surface area contributed by atoms with Crippen molar-refractivity contribution in [1.82, 2.24) is 4.90 Å². The molecule has 0 aromatic heterocycles. The third-order valence-electron chi connectivity index (χ3n) is 3.66. The molecule has 0 saturated heterocycles. The lowest BCUT2D eigenvalue weighted by atomic mass is 10.1. The van der Waals surface area contributed by atoms with E-state index >= 15 is 0 Å². The lowest BCUT2D eigenvalue weighted by Gasteiger charge is -2.17. The molecule has 1 aromatic rings. The molecule has 1 N–H and O–H groups in total. The summed E-state index contributed by atoms with van der Waals surface area (Å²) in [5, 5.41) is 2.71. The molecule has 0 fully saturated rings. The summed E-state index contributed by atoms with van der Waals surface area (Å²) in [7, 11) is 0. The normalized spacial score (nSPS) is 16.4. The molecule has 1 heterocycles. The first-order valence-corrected chi connectivity index (χ1v) is 8.36. The molecule has 0 bridgehead atoms. The number of carbonyl (C=O) groups is 1. The van der Waals surface area contributed by atoms with Gasteiger partial charge in [0.25, 0.3) is 0 Å². The SMILES string of the molecule is CCC(SC)C(=O)Nc1cccc2c1CN(CC(F)(F)F)C2. The van der Waals surface area contributed by atoms with Crippen LogP contribution in [0.4, 0.5) is 18.9 Å². The van der Waals surface area contributed by atoms with Crippen LogP contribution in [0.3, 0.4) is 0 Å². The van der Waals surface area contributed by atoms with Crippen LogP contribution in [0.5, 0.6) is 0 Å². The summed E-state index contributed by atoms with van der Waals surface area (Å²) in [5.41, 5.74) is 2.26. The van der Waals surface area contributed by atoms with Gasteiger partial charge in [-0.1, -0.05) is 19.1 Å². The molecule has 2 rings (SSSR count). The summed E-state index contributed by atoms with van der Waals surface area (Å²) in [4.78, 5) is 13.5. The van der Waals surface area contributed by atoms with Crippen molar-refractivity contribution in [2.45, 2.75) is 37.9 Å². The predicted octanol–water partition coefficient (Wildman–Crippen LogP) is 3.64. The van der Waals surface area contributed by atoms with Crippen molar-refractivity contribution in [2.24, 2.45) is 0 Å². The molecule has 122 valence electrons. The topological polar surface area (TPSA) is 32.3 Å². The van der Waals surface area contributed by atoms with Crippen LogP contribution in [-0.2, 0) is 17.9 Å². The number of nitrogens with zero attached hydrogens (tertiary/aromatic N) is 1. The first-order chi connectivity index (χ1) is 10.3. The second kappa shape index (κ2) is 6.91. The maximum Gasteiger partial charge on any atom is 0.401 e. The first-order valence-electron chi connectivity index (χ1n) is 7.07. The quantitative estimate of drug-likeness (QED) is 0.893. The van der Waals surface area contributed by atoms with Crippen LogP contribution in [0.25, 0.3) is 0 Å². The number of nitrogens with one attached hydrogen (secondary N) is 1. The number of rotatable bonds is 5. The summed E-state index contributed by atoms with van der Waals surface area (Å²) in [6.45, 7) is 1.47. The minimum absolute atomic E-state index is 0.0994. The Morgan fingerprint density at radius 2 is 2.14 bits per heavy atom. The van der Waals surface area contributed by atoms with Gasteiger partial charge in [-0.15, -0.1) is 0 Å². The summed E-state index contributed by atoms with van der Waals surface area (Å²) in [6, 6.07) is 5.33. The predicted molar refractivity (Wildman–Crippen MR) is 82.8 cm³/mol. The Kier molecular flexibility index (Phi) is 5.39. The minimum atomic E-state index is -4.21. The summed E-state index contributed by atoms with van der Waals surface area (Å²) < 4.78 is 37.6. The molecule has 7 heteroatoms. The third-order valence-corrected chi connectivity index (χ3v) is 4.77. The van der Waals surface area contributed by atoms with Crippen molar-refractivity contribution in [3.63, 3.8) is 0 Å². The van der Waals surface area contributed by atoms with E-state index in [4.69, 9.17) is 0 Å². The molecule has 0 aliphatic carbocycles. The van der Waals surface area contributed by atoms with E-state index in [-0.39, 0.29) is 24.2 Å². The number of halogens is 3. The number of thioether (sulfide) groups is 1. The minimum Gasteiger partial charge on any atom is -0.325 e. The van der Waals surface area contributed by atoms with Gasteiger partial charge in [0.15, 0.2) is 0 Å². The van der Waals surface area contributed by atoms with Gasteiger partial charge in [-0.05, 0) is 29.9 Å². The number of hydrogen-bond acceptors (Lipinski definition) is 3. The van der Waals surface area contributed by atoms with Crippen LogP contribution in [0.2, 0.25) is 0 Å². The highest BCUT2D eigenvalue weighted by Gasteiger charge is 2.34. The molecule has 1 aliphatic heterocycles. The summed E-state index contributed by atoms with van der Waals surface area (Å²) >= 11 is 1.47. The van der Waals surface area contributed by atoms with Crippen LogP contribution in [0.1, 0.15) is 24.5 Å². The Morgan fingerprint density at radius 1 is 1.41 bits per heavy atom. The van der Waals surface area contributed by atoms with Gasteiger partial charge >= 0.3 is 6.18 Å². The van der Waals surface area contributed by atoms with E-state index in [1.165, 1.54) is 16.7 Å². The van der Waals surface area contributed by atoms with Crippen LogP contribution >= 0.6 is 11.8 Å². The Balaban J connectivity index is 2.12. The molecule has 22 heavy (non-hydrogen) atoms. The highest BCUT2D eigenvalue weighted by atomic mass is 32.2. The average Bonchev–Trinajstić information content (AvgIpc) is 2.81. The number of hydrogen-bond donors (Lipinski definition) is 1. The molecular formula is C15H19F3N2OS. The van der Waals surface area contributed by atoms with Crippen molar-refractivity contribution in [3.8, 4) is 0 Å². The zero-order chi connectivity index (χ0) is 16.3. The number of fused-ring (bicyclic) bond motifs is 1. The van der Waals surface area contributed by atoms with Gasteiger partial charge in [-0.3, -0.25) is 9.69 Å². The van der Waals surface area contributed by atoms with Gasteiger partial charge in [0, 0.05) is 18.8 Å². The maximum atomic E-state index is 12.5. The van der Waals surface area contributed by atoms with E-state index in [2.05, 4.69) is 5.32 Å². The monoisotopic (exact) mass is 332 g/mol. The van der Waals surface area contributed by atoms with E-state index in [0.717, 1.165) is 11.1 Å². The van der Waals surface area contributed by atoms with Gasteiger partial charge < -0.3 is 5.32 Å². The van der Waals surface area contributed by atoms with Crippen LogP contribution in [-0.4, -0.2) is 35.0 Å². The van der Waals surface area contributed by atoms with Crippen LogP contribution in [0, 0.1) is 0 Å². The number of benzene rings is 1. The van der Waals surface area contributed by atoms with E-state index in [1.807, 2.05) is 19.2 Å². The molecular weight excluding hydrogens is 313 g/mol.